The molecule has 1 amide bonds. The fourth-order valence-corrected chi connectivity index (χ4v) is 7.49. The summed E-state index contributed by atoms with van der Waals surface area (Å²) in [5.74, 6) is -6.24. The van der Waals surface area contributed by atoms with Crippen LogP contribution in [0.15, 0.2) is 28.7 Å². The Hall–Kier alpha value is -3.41. The Morgan fingerprint density at radius 3 is 2.35 bits per heavy atom. The molecule has 3 aliphatic carbocycles. The van der Waals surface area contributed by atoms with Gasteiger partial charge in [0.05, 0.1) is 18.7 Å². The molecular formula is C29H37N3O8. The van der Waals surface area contributed by atoms with Gasteiger partial charge in [-0.05, 0) is 65.6 Å². The predicted molar refractivity (Wildman–Crippen MR) is 144 cm³/mol. The predicted octanol–water partition coefficient (Wildman–Crippen LogP) is 1.50. The van der Waals surface area contributed by atoms with Crippen LogP contribution in [0.4, 0.5) is 0 Å². The number of ketones is 2. The maximum Gasteiger partial charge on any atom is 0.255 e. The normalized spacial score (nSPS) is 32.3. The molecule has 11 heteroatoms. The largest absolute Gasteiger partial charge is 0.510 e. The van der Waals surface area contributed by atoms with Crippen LogP contribution in [0, 0.1) is 11.8 Å². The van der Waals surface area contributed by atoms with Crippen LogP contribution in [0.25, 0.3) is 0 Å². The number of nitrogens with two attached hydrogens (primary N) is 1. The lowest BCUT2D eigenvalue weighted by Crippen LogP contribution is -2.63. The first-order valence-electron chi connectivity index (χ1n) is 13.6. The molecule has 5 rings (SSSR count). The number of likely N-dealkylation sites (N-methyl/N-ethyl adjacent to an activating group) is 1. The highest BCUT2D eigenvalue weighted by Gasteiger charge is 2.63. The molecule has 6 N–H and O–H groups in total. The molecular weight excluding hydrogens is 518 g/mol. The van der Waals surface area contributed by atoms with Gasteiger partial charge in [-0.1, -0.05) is 0 Å². The molecule has 0 radical (unpaired) electrons. The van der Waals surface area contributed by atoms with Crippen molar-refractivity contribution < 1.29 is 39.5 Å². The number of hydrogen-bond acceptors (Lipinski definition) is 10. The van der Waals surface area contributed by atoms with Crippen molar-refractivity contribution in [3.63, 3.8) is 0 Å². The third-order valence-electron chi connectivity index (χ3n) is 9.44. The number of Topliss-reactive ketones (excluding diaryl/α,β-unsaturated/α-hetero) is 2. The minimum atomic E-state index is -2.66. The average molecular weight is 556 g/mol. The van der Waals surface area contributed by atoms with Gasteiger partial charge in [0.15, 0.2) is 11.4 Å². The van der Waals surface area contributed by atoms with E-state index >= 15 is 0 Å². The number of ether oxygens (including phenoxy) is 1. The van der Waals surface area contributed by atoms with Gasteiger partial charge in [0.2, 0.25) is 5.78 Å². The first-order valence-corrected chi connectivity index (χ1v) is 13.6. The van der Waals surface area contributed by atoms with Crippen LogP contribution in [-0.4, -0.2) is 92.6 Å². The van der Waals surface area contributed by atoms with Crippen molar-refractivity contribution in [2.45, 2.75) is 69.8 Å². The number of carbonyl (C=O) groups excluding carboxylic acids is 3. The summed E-state index contributed by atoms with van der Waals surface area (Å²) in [4.78, 5) is 43.3. The minimum absolute atomic E-state index is 0.0279. The van der Waals surface area contributed by atoms with E-state index in [2.05, 4.69) is 18.7 Å². The Morgan fingerprint density at radius 1 is 1.18 bits per heavy atom. The topological polar surface area (TPSA) is 174 Å². The van der Waals surface area contributed by atoms with E-state index in [1.54, 1.807) is 14.1 Å². The molecule has 1 aromatic carbocycles. The van der Waals surface area contributed by atoms with E-state index in [9.17, 15) is 34.8 Å². The van der Waals surface area contributed by atoms with Crippen molar-refractivity contribution >= 4 is 17.5 Å². The van der Waals surface area contributed by atoms with Crippen molar-refractivity contribution in [3.8, 4) is 11.5 Å². The number of hydrogen-bond donors (Lipinski definition) is 5. The number of amides is 1. The van der Waals surface area contributed by atoms with Crippen LogP contribution in [0.2, 0.25) is 0 Å². The maximum absolute atomic E-state index is 13.9. The van der Waals surface area contributed by atoms with Gasteiger partial charge in [0.25, 0.3) is 5.91 Å². The zero-order chi connectivity index (χ0) is 29.4. The lowest BCUT2D eigenvalue weighted by molar-refractivity contribution is -0.148. The Kier molecular flexibility index (Phi) is 6.75. The van der Waals surface area contributed by atoms with Gasteiger partial charge in [-0.25, -0.2) is 0 Å². The van der Waals surface area contributed by atoms with Crippen molar-refractivity contribution in [2.75, 3.05) is 21.2 Å². The molecule has 0 unspecified atom stereocenters. The molecule has 216 valence electrons. The van der Waals surface area contributed by atoms with E-state index < -0.39 is 58.0 Å². The zero-order valence-corrected chi connectivity index (χ0v) is 23.4. The van der Waals surface area contributed by atoms with E-state index in [4.69, 9.17) is 10.5 Å². The number of aromatic hydroxyl groups is 1. The summed E-state index contributed by atoms with van der Waals surface area (Å²) >= 11 is 0. The van der Waals surface area contributed by atoms with Crippen molar-refractivity contribution in [3.05, 3.63) is 45.4 Å². The molecule has 1 saturated heterocycles. The number of fused-ring (bicyclic) bond motifs is 3. The van der Waals surface area contributed by atoms with Crippen LogP contribution in [-0.2, 0) is 22.6 Å². The zero-order valence-electron chi connectivity index (χ0n) is 23.4. The van der Waals surface area contributed by atoms with Gasteiger partial charge < -0.3 is 30.9 Å². The van der Waals surface area contributed by atoms with Crippen LogP contribution < -0.4 is 10.5 Å². The molecule has 11 nitrogen and oxygen atoms in total. The fraction of sp³-hybridized carbons (Fsp3) is 0.552. The van der Waals surface area contributed by atoms with Crippen LogP contribution in [0.5, 0.6) is 11.5 Å². The molecule has 1 fully saturated rings. The van der Waals surface area contributed by atoms with Gasteiger partial charge >= 0.3 is 0 Å². The fourth-order valence-electron chi connectivity index (χ4n) is 7.49. The van der Waals surface area contributed by atoms with Gasteiger partial charge in [0.1, 0.15) is 28.6 Å². The minimum Gasteiger partial charge on any atom is -0.510 e. The molecule has 6 atom stereocenters. The monoisotopic (exact) mass is 555 g/mol. The summed E-state index contributed by atoms with van der Waals surface area (Å²) in [6.07, 6.45) is 2.33. The van der Waals surface area contributed by atoms with Crippen LogP contribution in [0.3, 0.4) is 0 Å². The summed E-state index contributed by atoms with van der Waals surface area (Å²) in [5.41, 5.74) is 2.89. The first-order chi connectivity index (χ1) is 18.7. The number of rotatable bonds is 5. The lowest BCUT2D eigenvalue weighted by Gasteiger charge is -2.50. The number of aliphatic hydroxyl groups excluding tert-OH is 2. The Labute approximate surface area is 232 Å². The Bertz CT molecular complexity index is 1370. The third kappa shape index (κ3) is 3.78. The standard InChI is InChI=1S/C29H37N3O8/c1-12-6-7-13(2)32(12)11-15-10-18(33)20-16(25(15)40-5)8-14-9-17-22(31(3)4)24(35)21(28(30)38)27(37)29(17,39)26(36)19(14)23(20)34/h10,12-14,17,22,33,35-36,39H,6-9,11H2,1-5H3,(H2,30,38)/t12-,13+,14-,17-,22-,29-/m0/s1. The Morgan fingerprint density at radius 2 is 1.80 bits per heavy atom. The Balaban J connectivity index is 1.65. The van der Waals surface area contributed by atoms with Gasteiger partial charge in [0, 0.05) is 41.2 Å². The molecule has 0 aromatic heterocycles. The second-order valence-corrected chi connectivity index (χ2v) is 11.9. The summed E-state index contributed by atoms with van der Waals surface area (Å²) < 4.78 is 5.82. The highest BCUT2D eigenvalue weighted by atomic mass is 16.5. The second-order valence-electron chi connectivity index (χ2n) is 11.9. The number of nitrogens with zero attached hydrogens (tertiary/aromatic N) is 2. The molecule has 1 aromatic rings. The van der Waals surface area contributed by atoms with E-state index in [1.165, 1.54) is 18.1 Å². The number of benzene rings is 1. The summed E-state index contributed by atoms with van der Waals surface area (Å²) in [6.45, 7) is 4.83. The lowest BCUT2D eigenvalue weighted by atomic mass is 9.58. The number of phenols is 1. The molecule has 4 aliphatic rings. The smallest absolute Gasteiger partial charge is 0.255 e. The number of primary amides is 1. The molecule has 0 bridgehead atoms. The maximum atomic E-state index is 13.9. The number of methoxy groups -OCH3 is 1. The van der Waals surface area contributed by atoms with Gasteiger partial charge in [-0.15, -0.1) is 0 Å². The molecule has 1 aliphatic heterocycles. The number of carbonyl (C=O) groups is 3. The summed E-state index contributed by atoms with van der Waals surface area (Å²) in [6, 6.07) is 1.16. The number of aliphatic hydroxyl groups is 3. The highest BCUT2D eigenvalue weighted by Crippen LogP contribution is 2.53. The SMILES string of the molecule is COc1c(CN2[C@H](C)CC[C@@H]2C)cc(O)c2c1C[C@H]1C[C@H]3[C@H](N(C)C)C(O)=C(C(N)=O)C(=O)[C@@]3(O)C(O)=C1C2=O. The third-order valence-corrected chi connectivity index (χ3v) is 9.44. The molecule has 0 saturated carbocycles. The van der Waals surface area contributed by atoms with Crippen LogP contribution >= 0.6 is 0 Å². The summed E-state index contributed by atoms with van der Waals surface area (Å²) in [7, 11) is 4.71. The van der Waals surface area contributed by atoms with Gasteiger partial charge in [-0.3, -0.25) is 24.2 Å². The second kappa shape index (κ2) is 9.60. The number of likely N-dealkylation sites (tertiary alicyclic amines) is 1. The van der Waals surface area contributed by atoms with E-state index in [1.807, 2.05) is 0 Å². The van der Waals surface area contributed by atoms with Crippen molar-refractivity contribution in [2.24, 2.45) is 17.6 Å². The van der Waals surface area contributed by atoms with E-state index in [0.717, 1.165) is 18.4 Å². The number of phenolic OH excluding ortho intramolecular Hbond substituents is 1. The van der Waals surface area contributed by atoms with Crippen molar-refractivity contribution in [1.29, 1.82) is 0 Å². The number of allylic oxidation sites excluding steroid dienone is 1. The molecule has 40 heavy (non-hydrogen) atoms. The quantitative estimate of drug-likeness (QED) is 0.335. The first kappa shape index (κ1) is 28.1. The van der Waals surface area contributed by atoms with Crippen LogP contribution in [0.1, 0.15) is 54.6 Å². The summed E-state index contributed by atoms with van der Waals surface area (Å²) in [5, 5.41) is 45.1. The molecule has 1 heterocycles. The average Bonchev–Trinajstić information content (AvgIpc) is 3.18. The highest BCUT2D eigenvalue weighted by molar-refractivity contribution is 6.24. The van der Waals surface area contributed by atoms with Crippen molar-refractivity contribution in [1.82, 2.24) is 9.80 Å². The van der Waals surface area contributed by atoms with Gasteiger partial charge in [-0.2, -0.15) is 0 Å². The molecule has 0 spiro atoms. The van der Waals surface area contributed by atoms with E-state index in [0.29, 0.717) is 29.9 Å². The van der Waals surface area contributed by atoms with E-state index in [-0.39, 0.29) is 29.7 Å².